The molecular weight excluding hydrogens is 446 g/mol. The number of nitrogen functional groups attached to an aromatic ring is 1. The maximum absolute atomic E-state index is 11.2. The molecule has 1 unspecified atom stereocenters. The fourth-order valence-electron chi connectivity index (χ4n) is 3.79. The fourth-order valence-corrected chi connectivity index (χ4v) is 3.79. The van der Waals surface area contributed by atoms with Crippen LogP contribution in [0.2, 0.25) is 0 Å². The molecule has 0 radical (unpaired) electrons. The van der Waals surface area contributed by atoms with Crippen LogP contribution in [-0.4, -0.2) is 51.0 Å². The molecule has 3 heterocycles. The van der Waals surface area contributed by atoms with Crippen LogP contribution in [-0.2, 0) is 11.3 Å². The third-order valence-electron chi connectivity index (χ3n) is 5.55. The zero-order valence-corrected chi connectivity index (χ0v) is 18.7. The van der Waals surface area contributed by atoms with Crippen LogP contribution in [0.15, 0.2) is 58.6 Å². The van der Waals surface area contributed by atoms with Gasteiger partial charge in [-0.3, -0.25) is 9.79 Å². The van der Waals surface area contributed by atoms with Crippen molar-refractivity contribution in [1.29, 1.82) is 5.26 Å². The molecule has 35 heavy (non-hydrogen) atoms. The SMILES string of the molecule is N#Cc1cccc(-c2cc(C(C=NCc3cccc(N4CCC(C(=O)O)C4)n3)=NN)nc(N)n2)c1. The van der Waals surface area contributed by atoms with Gasteiger partial charge in [-0.1, -0.05) is 18.2 Å². The molecule has 2 aromatic heterocycles. The van der Waals surface area contributed by atoms with Gasteiger partial charge in [0, 0.05) is 18.7 Å². The molecule has 1 aromatic carbocycles. The summed E-state index contributed by atoms with van der Waals surface area (Å²) < 4.78 is 0. The van der Waals surface area contributed by atoms with E-state index in [1.807, 2.05) is 29.2 Å². The second kappa shape index (κ2) is 10.4. The van der Waals surface area contributed by atoms with Crippen molar-refractivity contribution in [1.82, 2.24) is 15.0 Å². The van der Waals surface area contributed by atoms with Gasteiger partial charge in [0.15, 0.2) is 0 Å². The van der Waals surface area contributed by atoms with Crippen molar-refractivity contribution < 1.29 is 9.90 Å². The van der Waals surface area contributed by atoms with Gasteiger partial charge in [-0.05, 0) is 36.8 Å². The topological polar surface area (TPSA) is 180 Å². The smallest absolute Gasteiger partial charge is 0.308 e. The number of nitrogens with two attached hydrogens (primary N) is 2. The summed E-state index contributed by atoms with van der Waals surface area (Å²) >= 11 is 0. The van der Waals surface area contributed by atoms with Gasteiger partial charge in [0.25, 0.3) is 0 Å². The van der Waals surface area contributed by atoms with Crippen molar-refractivity contribution in [2.24, 2.45) is 21.9 Å². The number of carbonyl (C=O) groups is 1. The number of nitrogens with zero attached hydrogens (tertiary/aromatic N) is 7. The van der Waals surface area contributed by atoms with Crippen molar-refractivity contribution in [2.45, 2.75) is 13.0 Å². The van der Waals surface area contributed by atoms with Crippen LogP contribution < -0.4 is 16.5 Å². The number of carboxylic acids is 1. The predicted octanol–water partition coefficient (Wildman–Crippen LogP) is 1.84. The van der Waals surface area contributed by atoms with Gasteiger partial charge >= 0.3 is 5.97 Å². The Hall–Kier alpha value is -4.85. The number of rotatable bonds is 7. The number of nitriles is 1. The highest BCUT2D eigenvalue weighted by atomic mass is 16.4. The highest BCUT2D eigenvalue weighted by Crippen LogP contribution is 2.23. The summed E-state index contributed by atoms with van der Waals surface area (Å²) in [5.74, 6) is 5.19. The average molecular weight is 470 g/mol. The van der Waals surface area contributed by atoms with Crippen molar-refractivity contribution in [3.05, 3.63) is 65.5 Å². The van der Waals surface area contributed by atoms with Crippen LogP contribution in [0, 0.1) is 17.2 Å². The second-order valence-corrected chi connectivity index (χ2v) is 7.93. The second-order valence-electron chi connectivity index (χ2n) is 7.93. The Balaban J connectivity index is 1.49. The van der Waals surface area contributed by atoms with E-state index in [4.69, 9.17) is 16.8 Å². The molecule has 0 spiro atoms. The summed E-state index contributed by atoms with van der Waals surface area (Å²) in [6.07, 6.45) is 2.09. The van der Waals surface area contributed by atoms with Crippen molar-refractivity contribution >= 4 is 29.7 Å². The van der Waals surface area contributed by atoms with Gasteiger partial charge in [0.2, 0.25) is 5.95 Å². The molecule has 0 bridgehead atoms. The quantitative estimate of drug-likeness (QED) is 0.264. The molecule has 1 saturated heterocycles. The molecule has 11 nitrogen and oxygen atoms in total. The Bertz CT molecular complexity index is 1350. The molecule has 3 aromatic rings. The standard InChI is InChI=1S/C24H23N9O2/c25-11-15-3-1-4-16(9-15)19-10-20(31-24(26)30-19)21(32-27)13-28-12-18-5-2-6-22(29-18)33-8-7-17(14-33)23(34)35/h1-6,9-10,13,17H,7-8,12,14,27H2,(H,34,35)(H2,26,30,31). The number of benzene rings is 1. The summed E-state index contributed by atoms with van der Waals surface area (Å²) in [5, 5.41) is 22.2. The van der Waals surface area contributed by atoms with E-state index in [0.29, 0.717) is 53.4 Å². The summed E-state index contributed by atoms with van der Waals surface area (Å²) in [6, 6.07) is 16.3. The first-order valence-corrected chi connectivity index (χ1v) is 10.8. The monoisotopic (exact) mass is 469 g/mol. The van der Waals surface area contributed by atoms with Crippen molar-refractivity contribution in [3.63, 3.8) is 0 Å². The number of aliphatic imine (C=N–C) groups is 1. The number of aliphatic carboxylic acids is 1. The van der Waals surface area contributed by atoms with E-state index in [9.17, 15) is 9.90 Å². The zero-order valence-electron chi connectivity index (χ0n) is 18.7. The molecule has 4 rings (SSSR count). The molecule has 1 aliphatic rings. The summed E-state index contributed by atoms with van der Waals surface area (Å²) in [4.78, 5) is 30.7. The van der Waals surface area contributed by atoms with Crippen LogP contribution in [0.1, 0.15) is 23.4 Å². The van der Waals surface area contributed by atoms with E-state index < -0.39 is 5.97 Å². The first-order valence-electron chi connectivity index (χ1n) is 10.8. The van der Waals surface area contributed by atoms with E-state index >= 15 is 0 Å². The number of carboxylic acid groups (broad SMARTS) is 1. The Morgan fingerprint density at radius 2 is 2.06 bits per heavy atom. The molecule has 0 amide bonds. The van der Waals surface area contributed by atoms with E-state index in [0.717, 1.165) is 5.82 Å². The minimum absolute atomic E-state index is 0.0362. The molecule has 1 atom stereocenters. The van der Waals surface area contributed by atoms with Crippen LogP contribution >= 0.6 is 0 Å². The highest BCUT2D eigenvalue weighted by molar-refractivity contribution is 6.37. The van der Waals surface area contributed by atoms with Crippen LogP contribution in [0.3, 0.4) is 0 Å². The van der Waals surface area contributed by atoms with Gasteiger partial charge in [-0.25, -0.2) is 15.0 Å². The van der Waals surface area contributed by atoms with E-state index in [2.05, 4.69) is 31.1 Å². The lowest BCUT2D eigenvalue weighted by molar-refractivity contribution is -0.140. The molecule has 1 aliphatic heterocycles. The fraction of sp³-hybridized carbons (Fsp3) is 0.208. The molecule has 0 aliphatic carbocycles. The maximum atomic E-state index is 11.2. The van der Waals surface area contributed by atoms with Gasteiger partial charge in [-0.15, -0.1) is 0 Å². The Morgan fingerprint density at radius 1 is 1.23 bits per heavy atom. The van der Waals surface area contributed by atoms with E-state index in [1.54, 1.807) is 24.3 Å². The largest absolute Gasteiger partial charge is 0.481 e. The van der Waals surface area contributed by atoms with E-state index in [1.165, 1.54) is 6.21 Å². The molecule has 176 valence electrons. The van der Waals surface area contributed by atoms with Crippen LogP contribution in [0.5, 0.6) is 0 Å². The lowest BCUT2D eigenvalue weighted by Gasteiger charge is -2.17. The highest BCUT2D eigenvalue weighted by Gasteiger charge is 2.28. The third-order valence-corrected chi connectivity index (χ3v) is 5.55. The lowest BCUT2D eigenvalue weighted by Crippen LogP contribution is -2.23. The Labute approximate surface area is 201 Å². The van der Waals surface area contributed by atoms with Gasteiger partial charge in [0.1, 0.15) is 11.5 Å². The number of anilines is 2. The average Bonchev–Trinajstić information content (AvgIpc) is 3.37. The Kier molecular flexibility index (Phi) is 6.92. The minimum atomic E-state index is -0.784. The van der Waals surface area contributed by atoms with Crippen LogP contribution in [0.4, 0.5) is 11.8 Å². The summed E-state index contributed by atoms with van der Waals surface area (Å²) in [6.45, 7) is 1.35. The zero-order chi connectivity index (χ0) is 24.8. The van der Waals surface area contributed by atoms with Crippen molar-refractivity contribution in [3.8, 4) is 17.3 Å². The molecule has 5 N–H and O–H groups in total. The molecule has 1 fully saturated rings. The number of aromatic nitrogens is 3. The predicted molar refractivity (Wildman–Crippen MR) is 132 cm³/mol. The first kappa shape index (κ1) is 23.3. The number of hydrogen-bond acceptors (Lipinski definition) is 10. The third kappa shape index (κ3) is 5.56. The summed E-state index contributed by atoms with van der Waals surface area (Å²) in [5.41, 5.74) is 9.04. The first-order chi connectivity index (χ1) is 17.0. The normalized spacial score (nSPS) is 15.9. The van der Waals surface area contributed by atoms with Crippen LogP contribution in [0.25, 0.3) is 11.3 Å². The molecule has 11 heteroatoms. The summed E-state index contributed by atoms with van der Waals surface area (Å²) in [7, 11) is 0. The number of hydrogen-bond donors (Lipinski definition) is 3. The molecular formula is C24H23N9O2. The number of pyridine rings is 1. The lowest BCUT2D eigenvalue weighted by atomic mass is 10.1. The van der Waals surface area contributed by atoms with Gasteiger partial charge in [-0.2, -0.15) is 10.4 Å². The Morgan fingerprint density at radius 3 is 2.80 bits per heavy atom. The van der Waals surface area contributed by atoms with Gasteiger partial charge < -0.3 is 21.6 Å². The van der Waals surface area contributed by atoms with E-state index in [-0.39, 0.29) is 18.4 Å². The van der Waals surface area contributed by atoms with Crippen molar-refractivity contribution in [2.75, 3.05) is 23.7 Å². The minimum Gasteiger partial charge on any atom is -0.481 e. The van der Waals surface area contributed by atoms with Gasteiger partial charge in [0.05, 0.1) is 47.4 Å². The maximum Gasteiger partial charge on any atom is 0.308 e. The molecule has 0 saturated carbocycles. The number of hydrazone groups is 1.